The van der Waals surface area contributed by atoms with E-state index in [4.69, 9.17) is 4.52 Å². The fourth-order valence-electron chi connectivity index (χ4n) is 2.21. The summed E-state index contributed by atoms with van der Waals surface area (Å²) in [6.07, 6.45) is 5.54. The van der Waals surface area contributed by atoms with Crippen LogP contribution in [0.4, 0.5) is 0 Å². The van der Waals surface area contributed by atoms with Crippen LogP contribution in [0.15, 0.2) is 84.9 Å². The molecule has 1 aliphatic heterocycles. The van der Waals surface area contributed by atoms with E-state index in [2.05, 4.69) is 60.7 Å². The molecule has 2 heteroatoms. The van der Waals surface area contributed by atoms with Gasteiger partial charge in [0, 0.05) is 0 Å². The van der Waals surface area contributed by atoms with Gasteiger partial charge in [-0.15, -0.1) is 0 Å². The van der Waals surface area contributed by atoms with Crippen molar-refractivity contribution in [1.82, 2.24) is 0 Å². The summed E-state index contributed by atoms with van der Waals surface area (Å²) in [7, 11) is 0.534. The maximum Gasteiger partial charge on any atom is 0.0963 e. The number of rotatable bonds is 0. The van der Waals surface area contributed by atoms with Gasteiger partial charge in [-0.3, -0.25) is 0 Å². The summed E-state index contributed by atoms with van der Waals surface area (Å²) in [5.41, 5.74) is 0. The molecule has 20 heavy (non-hydrogen) atoms. The molecule has 3 aromatic rings. The molecule has 3 aromatic carbocycles. The van der Waals surface area contributed by atoms with Crippen molar-refractivity contribution in [2.45, 2.75) is 0 Å². The van der Waals surface area contributed by atoms with E-state index in [-0.39, 0.29) is 0 Å². The van der Waals surface area contributed by atoms with Crippen molar-refractivity contribution in [3.8, 4) is 0 Å². The minimum Gasteiger partial charge on any atom is -0.481 e. The van der Waals surface area contributed by atoms with E-state index >= 15 is 0 Å². The summed E-state index contributed by atoms with van der Waals surface area (Å²) < 4.78 is 4.83. The van der Waals surface area contributed by atoms with Gasteiger partial charge in [0.2, 0.25) is 0 Å². The average Bonchev–Trinajstić information content (AvgIpc) is 2.57. The number of benzene rings is 3. The van der Waals surface area contributed by atoms with E-state index in [9.17, 15) is 0 Å². The first-order valence-corrected chi connectivity index (χ1v) is 7.53. The maximum atomic E-state index is 4.83. The van der Waals surface area contributed by atoms with Crippen molar-refractivity contribution >= 4 is 30.4 Å². The Morgan fingerprint density at radius 2 is 1.25 bits per heavy atom. The molecule has 0 aliphatic carbocycles. The number of allylic oxidation sites excluding steroid dienone is 2. The average molecular weight is 278 g/mol. The van der Waals surface area contributed by atoms with Crippen molar-refractivity contribution in [2.75, 3.05) is 0 Å². The summed E-state index contributed by atoms with van der Waals surface area (Å²) in [6, 6.07) is 21.4. The summed E-state index contributed by atoms with van der Waals surface area (Å²) in [4.78, 5) is 0. The second-order valence-electron chi connectivity index (χ2n) is 4.43. The quantitative estimate of drug-likeness (QED) is 0.382. The lowest BCUT2D eigenvalue weighted by molar-refractivity contribution is 0.554. The molecule has 0 saturated carbocycles. The van der Waals surface area contributed by atoms with Crippen LogP contribution in [-0.4, -0.2) is 0 Å². The molecule has 1 atom stereocenters. The molecule has 1 nitrogen and oxygen atoms in total. The van der Waals surface area contributed by atoms with Crippen LogP contribution < -0.4 is 0 Å². The lowest BCUT2D eigenvalue weighted by Crippen LogP contribution is -1.75. The lowest BCUT2D eigenvalue weighted by Gasteiger charge is -2.02. The number of fused-ring (bicyclic) bond motifs is 3. The zero-order valence-corrected chi connectivity index (χ0v) is 12.0. The molecule has 1 heterocycles. The fourth-order valence-corrected chi connectivity index (χ4v) is 2.64. The Balaban J connectivity index is 0.000000170. The number of hydrogen-bond acceptors (Lipinski definition) is 1. The van der Waals surface area contributed by atoms with Crippen LogP contribution in [-0.2, 0) is 4.52 Å². The minimum absolute atomic E-state index is 0.534. The molecule has 0 bridgehead atoms. The molecule has 0 amide bonds. The van der Waals surface area contributed by atoms with Crippen LogP contribution in [0, 0.1) is 0 Å². The highest BCUT2D eigenvalue weighted by molar-refractivity contribution is 7.36. The second-order valence-corrected chi connectivity index (χ2v) is 5.24. The molecule has 98 valence electrons. The Hall–Kier alpha value is -2.11. The molecule has 1 aliphatic rings. The molecular weight excluding hydrogens is 263 g/mol. The summed E-state index contributed by atoms with van der Waals surface area (Å²) >= 11 is 0. The van der Waals surface area contributed by atoms with Gasteiger partial charge >= 0.3 is 0 Å². The Morgan fingerprint density at radius 1 is 0.650 bits per heavy atom. The summed E-state index contributed by atoms with van der Waals surface area (Å²) in [5.74, 6) is 1.99. The molecular formula is C18H15OP. The van der Waals surface area contributed by atoms with E-state index in [0.717, 1.165) is 0 Å². The zero-order valence-electron chi connectivity index (χ0n) is 11.0. The van der Waals surface area contributed by atoms with Crippen molar-refractivity contribution in [3.63, 3.8) is 0 Å². The molecule has 1 unspecified atom stereocenters. The largest absolute Gasteiger partial charge is 0.481 e. The standard InChI is InChI=1S/C14H10.C4H5OP/c1-3-7-13-11(5-1)9-10-12-6-2-4-8-14(12)13;1-2-4-6-5-3-1/h1-10H;1-4,6H. The molecule has 0 N–H and O–H groups in total. The van der Waals surface area contributed by atoms with Gasteiger partial charge in [-0.05, 0) is 33.4 Å². The van der Waals surface area contributed by atoms with Gasteiger partial charge in [0.25, 0.3) is 0 Å². The third-order valence-corrected chi connectivity index (χ3v) is 3.74. The third-order valence-electron chi connectivity index (χ3n) is 3.14. The van der Waals surface area contributed by atoms with Crippen LogP contribution in [0.5, 0.6) is 0 Å². The Bertz CT molecular complexity index is 708. The molecule has 0 aromatic heterocycles. The normalized spacial score (nSPS) is 14.0. The van der Waals surface area contributed by atoms with Gasteiger partial charge in [-0.2, -0.15) is 0 Å². The Labute approximate surface area is 120 Å². The molecule has 0 spiro atoms. The zero-order chi connectivity index (χ0) is 13.6. The van der Waals surface area contributed by atoms with E-state index in [1.54, 1.807) is 6.26 Å². The lowest BCUT2D eigenvalue weighted by atomic mass is 10.0. The Morgan fingerprint density at radius 3 is 1.65 bits per heavy atom. The van der Waals surface area contributed by atoms with Gasteiger partial charge in [0.15, 0.2) is 0 Å². The first-order valence-electron chi connectivity index (χ1n) is 6.54. The van der Waals surface area contributed by atoms with Gasteiger partial charge < -0.3 is 4.52 Å². The predicted octanol–water partition coefficient (Wildman–Crippen LogP) is 5.63. The van der Waals surface area contributed by atoms with Crippen LogP contribution >= 0.6 is 8.81 Å². The SMILES string of the molecule is C1=COPC=C1.c1ccc2c(c1)ccc1ccccc12. The van der Waals surface area contributed by atoms with Crippen LogP contribution in [0.3, 0.4) is 0 Å². The third kappa shape index (κ3) is 2.89. The molecule has 0 radical (unpaired) electrons. The number of hydrogen-bond donors (Lipinski definition) is 0. The first kappa shape index (κ1) is 12.9. The molecule has 0 fully saturated rings. The van der Waals surface area contributed by atoms with Crippen molar-refractivity contribution in [3.05, 3.63) is 84.9 Å². The highest BCUT2D eigenvalue weighted by Gasteiger charge is 1.97. The highest BCUT2D eigenvalue weighted by Crippen LogP contribution is 2.24. The van der Waals surface area contributed by atoms with Gasteiger partial charge in [-0.1, -0.05) is 66.7 Å². The molecule has 4 rings (SSSR count). The van der Waals surface area contributed by atoms with E-state index in [1.807, 2.05) is 18.0 Å². The second kappa shape index (κ2) is 6.36. The Kier molecular flexibility index (Phi) is 4.10. The smallest absolute Gasteiger partial charge is 0.0963 e. The highest BCUT2D eigenvalue weighted by atomic mass is 31.1. The van der Waals surface area contributed by atoms with Crippen molar-refractivity contribution in [2.24, 2.45) is 0 Å². The minimum atomic E-state index is 0.534. The van der Waals surface area contributed by atoms with Crippen LogP contribution in [0.2, 0.25) is 0 Å². The fraction of sp³-hybridized carbons (Fsp3) is 0. The summed E-state index contributed by atoms with van der Waals surface area (Å²) in [5, 5.41) is 5.30. The van der Waals surface area contributed by atoms with Crippen molar-refractivity contribution < 1.29 is 4.52 Å². The van der Waals surface area contributed by atoms with E-state index in [1.165, 1.54) is 21.5 Å². The van der Waals surface area contributed by atoms with Gasteiger partial charge in [-0.25, -0.2) is 0 Å². The molecule has 0 saturated heterocycles. The topological polar surface area (TPSA) is 9.23 Å². The first-order chi connectivity index (χ1) is 9.95. The van der Waals surface area contributed by atoms with Crippen molar-refractivity contribution in [1.29, 1.82) is 0 Å². The van der Waals surface area contributed by atoms with Gasteiger partial charge in [0.05, 0.1) is 15.1 Å². The van der Waals surface area contributed by atoms with E-state index in [0.29, 0.717) is 8.81 Å². The van der Waals surface area contributed by atoms with Gasteiger partial charge in [0.1, 0.15) is 0 Å². The van der Waals surface area contributed by atoms with Crippen LogP contribution in [0.1, 0.15) is 0 Å². The maximum absolute atomic E-state index is 4.83. The van der Waals surface area contributed by atoms with E-state index < -0.39 is 0 Å². The summed E-state index contributed by atoms with van der Waals surface area (Å²) in [6.45, 7) is 0. The predicted molar refractivity (Wildman–Crippen MR) is 89.1 cm³/mol. The monoisotopic (exact) mass is 278 g/mol. The van der Waals surface area contributed by atoms with Crippen LogP contribution in [0.25, 0.3) is 21.5 Å².